The molecule has 12 nitrogen and oxygen atoms in total. The zero-order valence-electron chi connectivity index (χ0n) is 15.9. The molecule has 0 radical (unpaired) electrons. The standard InChI is InChI=1S/C15H19N5O7S.Na/c1-16-14(23)19(2)15(24)18-11(9-6-4-3-5-7-9)12(21)17-10-8-20(13(10)22)28(25,26)27;/h3-7,10-11H,8H2,1-2H3,(H,16,23)(H,17,21)(H,18,24)(H,25,26,27);/q;+1/p-1. The van der Waals surface area contributed by atoms with Gasteiger partial charge in [0.25, 0.3) is 5.91 Å². The summed E-state index contributed by atoms with van der Waals surface area (Å²) in [5.41, 5.74) is 0.360. The Hall–Kier alpha value is -2.19. The van der Waals surface area contributed by atoms with Crippen molar-refractivity contribution in [3.8, 4) is 0 Å². The Kier molecular flexibility index (Phi) is 8.59. The molecule has 1 aliphatic rings. The van der Waals surface area contributed by atoms with Gasteiger partial charge >= 0.3 is 41.6 Å². The maximum atomic E-state index is 12.6. The first-order valence-electron chi connectivity index (χ1n) is 7.95. The van der Waals surface area contributed by atoms with Gasteiger partial charge in [-0.3, -0.25) is 9.59 Å². The van der Waals surface area contributed by atoms with Crippen LogP contribution in [0.1, 0.15) is 11.6 Å². The van der Waals surface area contributed by atoms with Crippen molar-refractivity contribution in [3.63, 3.8) is 0 Å². The number of nitrogens with zero attached hydrogens (tertiary/aromatic N) is 2. The number of hydrogen-bond donors (Lipinski definition) is 3. The molecular weight excluding hydrogens is 417 g/mol. The molecule has 2 unspecified atom stereocenters. The number of β-lactam (4-membered cyclic amide) rings is 1. The predicted molar refractivity (Wildman–Crippen MR) is 93.3 cm³/mol. The van der Waals surface area contributed by atoms with Gasteiger partial charge in [-0.25, -0.2) is 27.2 Å². The molecule has 3 N–H and O–H groups in total. The second-order valence-corrected chi connectivity index (χ2v) is 7.09. The summed E-state index contributed by atoms with van der Waals surface area (Å²) in [5.74, 6) is -1.88. The number of carbonyl (C=O) groups is 4. The summed E-state index contributed by atoms with van der Waals surface area (Å²) in [6, 6.07) is 3.92. The molecule has 1 aromatic rings. The van der Waals surface area contributed by atoms with Crippen LogP contribution in [-0.4, -0.2) is 72.7 Å². The van der Waals surface area contributed by atoms with Gasteiger partial charge in [0.1, 0.15) is 12.1 Å². The molecule has 0 saturated carbocycles. The Morgan fingerprint density at radius 3 is 2.28 bits per heavy atom. The van der Waals surface area contributed by atoms with E-state index in [1.807, 2.05) is 0 Å². The summed E-state index contributed by atoms with van der Waals surface area (Å²) in [5, 5.41) is 6.91. The van der Waals surface area contributed by atoms with E-state index < -0.39 is 52.8 Å². The van der Waals surface area contributed by atoms with Gasteiger partial charge in [0.05, 0.1) is 6.54 Å². The smallest absolute Gasteiger partial charge is 0.731 e. The molecule has 2 rings (SSSR count). The number of hydrogen-bond acceptors (Lipinski definition) is 7. The van der Waals surface area contributed by atoms with Crippen LogP contribution < -0.4 is 45.5 Å². The van der Waals surface area contributed by atoms with Crippen LogP contribution in [-0.2, 0) is 19.9 Å². The monoisotopic (exact) mass is 435 g/mol. The van der Waals surface area contributed by atoms with E-state index in [2.05, 4.69) is 16.0 Å². The molecule has 0 spiro atoms. The molecule has 152 valence electrons. The molecule has 6 amide bonds. The third kappa shape index (κ3) is 5.90. The van der Waals surface area contributed by atoms with Crippen LogP contribution in [0.4, 0.5) is 9.59 Å². The Labute approximate surface area is 189 Å². The number of carbonyl (C=O) groups excluding carboxylic acids is 4. The summed E-state index contributed by atoms with van der Waals surface area (Å²) in [4.78, 5) is 48.9. The SMILES string of the molecule is CNC(=O)N(C)C(=O)NC(C(=O)NC1CN(S(=O)(=O)[O-])C1=O)c1ccccc1.[Na+]. The summed E-state index contributed by atoms with van der Waals surface area (Å²) in [6.45, 7) is -0.496. The van der Waals surface area contributed by atoms with Crippen LogP contribution in [0, 0.1) is 0 Å². The number of urea groups is 2. The fourth-order valence-corrected chi connectivity index (χ4v) is 3.06. The van der Waals surface area contributed by atoms with Crippen molar-refractivity contribution in [1.29, 1.82) is 0 Å². The van der Waals surface area contributed by atoms with E-state index in [4.69, 9.17) is 0 Å². The number of benzene rings is 1. The van der Waals surface area contributed by atoms with Gasteiger partial charge in [-0.2, -0.15) is 0 Å². The molecule has 0 aromatic heterocycles. The van der Waals surface area contributed by atoms with Crippen LogP contribution >= 0.6 is 0 Å². The van der Waals surface area contributed by atoms with Crippen molar-refractivity contribution in [2.45, 2.75) is 12.1 Å². The number of nitrogens with one attached hydrogen (secondary N) is 3. The van der Waals surface area contributed by atoms with E-state index in [1.165, 1.54) is 14.1 Å². The molecule has 14 heteroatoms. The van der Waals surface area contributed by atoms with E-state index in [-0.39, 0.29) is 33.9 Å². The van der Waals surface area contributed by atoms with Crippen molar-refractivity contribution >= 4 is 34.2 Å². The average Bonchev–Trinajstić information content (AvgIpc) is 2.66. The van der Waals surface area contributed by atoms with Gasteiger partial charge in [0.15, 0.2) is 10.3 Å². The van der Waals surface area contributed by atoms with E-state index in [0.29, 0.717) is 10.5 Å². The molecule has 0 bridgehead atoms. The average molecular weight is 435 g/mol. The minimum absolute atomic E-state index is 0. The van der Waals surface area contributed by atoms with Crippen molar-refractivity contribution in [1.82, 2.24) is 25.2 Å². The Balaban J connectivity index is 0.00000420. The van der Waals surface area contributed by atoms with Crippen LogP contribution in [0.15, 0.2) is 30.3 Å². The minimum atomic E-state index is -4.94. The largest absolute Gasteiger partial charge is 1.00 e. The van der Waals surface area contributed by atoms with Crippen LogP contribution in [0.3, 0.4) is 0 Å². The fourth-order valence-electron chi connectivity index (χ4n) is 2.39. The number of rotatable bonds is 5. The van der Waals surface area contributed by atoms with Gasteiger partial charge in [0, 0.05) is 14.1 Å². The molecule has 1 saturated heterocycles. The molecule has 1 heterocycles. The Morgan fingerprint density at radius 1 is 1.21 bits per heavy atom. The van der Waals surface area contributed by atoms with Crippen molar-refractivity contribution in [2.24, 2.45) is 0 Å². The second-order valence-electron chi connectivity index (χ2n) is 5.80. The summed E-state index contributed by atoms with van der Waals surface area (Å²) in [6.07, 6.45) is 0. The van der Waals surface area contributed by atoms with E-state index in [9.17, 15) is 32.1 Å². The second kappa shape index (κ2) is 10.0. The summed E-state index contributed by atoms with van der Waals surface area (Å²) < 4.78 is 32.7. The van der Waals surface area contributed by atoms with Crippen molar-refractivity contribution in [3.05, 3.63) is 35.9 Å². The van der Waals surface area contributed by atoms with Crippen molar-refractivity contribution in [2.75, 3.05) is 20.6 Å². The molecule has 1 aliphatic heterocycles. The van der Waals surface area contributed by atoms with E-state index in [1.54, 1.807) is 30.3 Å². The Bertz CT molecular complexity index is 896. The quantitative estimate of drug-likeness (QED) is 0.238. The van der Waals surface area contributed by atoms with Gasteiger partial charge in [-0.1, -0.05) is 30.3 Å². The third-order valence-electron chi connectivity index (χ3n) is 3.96. The normalized spacial score (nSPS) is 16.6. The molecule has 0 aliphatic carbocycles. The fraction of sp³-hybridized carbons (Fsp3) is 0.333. The predicted octanol–water partition coefficient (Wildman–Crippen LogP) is -4.50. The number of imide groups is 1. The first-order valence-corrected chi connectivity index (χ1v) is 9.31. The van der Waals surface area contributed by atoms with Gasteiger partial charge < -0.3 is 20.5 Å². The van der Waals surface area contributed by atoms with Gasteiger partial charge in [-0.05, 0) is 5.56 Å². The van der Waals surface area contributed by atoms with Gasteiger partial charge in [-0.15, -0.1) is 0 Å². The summed E-state index contributed by atoms with van der Waals surface area (Å²) >= 11 is 0. The van der Waals surface area contributed by atoms with Crippen LogP contribution in [0.25, 0.3) is 0 Å². The van der Waals surface area contributed by atoms with Crippen molar-refractivity contribution < 1.29 is 61.7 Å². The van der Waals surface area contributed by atoms with Gasteiger partial charge in [0.2, 0.25) is 5.91 Å². The third-order valence-corrected chi connectivity index (χ3v) is 4.83. The summed E-state index contributed by atoms with van der Waals surface area (Å²) in [7, 11) is -2.42. The van der Waals surface area contributed by atoms with Crippen LogP contribution in [0.2, 0.25) is 0 Å². The molecular formula is C15H18N5NaO7S. The topological polar surface area (TPSA) is 168 Å². The molecule has 1 fully saturated rings. The molecule has 29 heavy (non-hydrogen) atoms. The Morgan fingerprint density at radius 2 is 1.79 bits per heavy atom. The van der Waals surface area contributed by atoms with E-state index >= 15 is 0 Å². The zero-order valence-corrected chi connectivity index (χ0v) is 18.7. The first-order chi connectivity index (χ1) is 13.1. The zero-order chi connectivity index (χ0) is 21.1. The first kappa shape index (κ1) is 24.8. The van der Waals surface area contributed by atoms with Crippen LogP contribution in [0.5, 0.6) is 0 Å². The number of amides is 6. The van der Waals surface area contributed by atoms with E-state index in [0.717, 1.165) is 0 Å². The molecule has 2 atom stereocenters. The molecule has 1 aromatic carbocycles. The minimum Gasteiger partial charge on any atom is -0.731 e. The maximum absolute atomic E-state index is 12.6. The maximum Gasteiger partial charge on any atom is 1.00 e.